The Morgan fingerprint density at radius 3 is 2.29 bits per heavy atom. The van der Waals surface area contributed by atoms with E-state index in [0.717, 1.165) is 44.8 Å². The van der Waals surface area contributed by atoms with Gasteiger partial charge in [-0.15, -0.1) is 0 Å². The maximum atomic E-state index is 12.8. The zero-order valence-electron chi connectivity index (χ0n) is 22.3. The van der Waals surface area contributed by atoms with Crippen LogP contribution in [0.2, 0.25) is 0 Å². The lowest BCUT2D eigenvalue weighted by molar-refractivity contribution is -0.134. The first-order chi connectivity index (χ1) is 16.3. The van der Waals surface area contributed by atoms with Gasteiger partial charge in [-0.1, -0.05) is 69.7 Å². The summed E-state index contributed by atoms with van der Waals surface area (Å²) in [5, 5.41) is 0. The van der Waals surface area contributed by atoms with Crippen LogP contribution in [0, 0.1) is 11.8 Å². The van der Waals surface area contributed by atoms with Gasteiger partial charge in [0.05, 0.1) is 6.04 Å². The first kappa shape index (κ1) is 26.8. The Hall–Kier alpha value is -1.81. The van der Waals surface area contributed by atoms with E-state index in [1.54, 1.807) is 0 Å². The zero-order chi connectivity index (χ0) is 24.5. The summed E-state index contributed by atoms with van der Waals surface area (Å²) >= 11 is 0. The minimum absolute atomic E-state index is 0.130. The molecule has 1 atom stereocenters. The zero-order valence-corrected chi connectivity index (χ0v) is 22.3. The molecule has 2 aliphatic rings. The van der Waals surface area contributed by atoms with Crippen LogP contribution in [-0.4, -0.2) is 42.5 Å². The highest BCUT2D eigenvalue weighted by Gasteiger charge is 2.29. The predicted molar refractivity (Wildman–Crippen MR) is 145 cm³/mol. The van der Waals surface area contributed by atoms with Crippen molar-refractivity contribution < 1.29 is 4.79 Å². The van der Waals surface area contributed by atoms with Gasteiger partial charge in [0.25, 0.3) is 0 Å². The summed E-state index contributed by atoms with van der Waals surface area (Å²) < 4.78 is 0. The van der Waals surface area contributed by atoms with E-state index in [2.05, 4.69) is 62.9 Å². The summed E-state index contributed by atoms with van der Waals surface area (Å²) in [6.45, 7) is 11.1. The van der Waals surface area contributed by atoms with Crippen LogP contribution in [0.15, 0.2) is 35.9 Å². The van der Waals surface area contributed by atoms with E-state index in [0.29, 0.717) is 12.0 Å². The Morgan fingerprint density at radius 1 is 1.06 bits per heavy atom. The van der Waals surface area contributed by atoms with E-state index in [1.165, 1.54) is 61.8 Å². The molecule has 1 aliphatic heterocycles. The molecule has 0 radical (unpaired) electrons. The van der Waals surface area contributed by atoms with Gasteiger partial charge >= 0.3 is 0 Å². The number of hydrogen-bond acceptors (Lipinski definition) is 3. The van der Waals surface area contributed by atoms with Crippen LogP contribution < -0.4 is 10.6 Å². The molecule has 1 saturated heterocycles. The minimum Gasteiger partial charge on any atom is -0.365 e. The normalized spacial score (nSPS) is 18.7. The fourth-order valence-electron chi connectivity index (χ4n) is 5.69. The van der Waals surface area contributed by atoms with Crippen molar-refractivity contribution in [3.05, 3.63) is 41.5 Å². The standard InChI is InChI=1S/C30H49N3O/c1-23(2)16-21-33(28-17-19-32(20-18-28)30(34)29(31)22-24(3)4)27-14-12-26(13-15-27)11-10-25-8-6-5-7-9-25/h12-16,24-25,28-29H,5-11,17-22,31H2,1-4H3/t29-/m0/s1. The number of benzene rings is 1. The van der Waals surface area contributed by atoms with Crippen LogP contribution in [0.5, 0.6) is 0 Å². The maximum absolute atomic E-state index is 12.8. The molecule has 4 heteroatoms. The van der Waals surface area contributed by atoms with Gasteiger partial charge in [-0.3, -0.25) is 4.79 Å². The van der Waals surface area contributed by atoms with Gasteiger partial charge < -0.3 is 15.5 Å². The monoisotopic (exact) mass is 467 g/mol. The highest BCUT2D eigenvalue weighted by Crippen LogP contribution is 2.29. The number of piperidine rings is 1. The van der Waals surface area contributed by atoms with Gasteiger partial charge in [-0.05, 0) is 75.5 Å². The highest BCUT2D eigenvalue weighted by atomic mass is 16.2. The smallest absolute Gasteiger partial charge is 0.239 e. The molecule has 1 aliphatic carbocycles. The number of hydrogen-bond donors (Lipinski definition) is 1. The number of aryl methyl sites for hydroxylation is 1. The second kappa shape index (κ2) is 13.3. The van der Waals surface area contributed by atoms with E-state index in [-0.39, 0.29) is 11.9 Å². The third-order valence-corrected chi connectivity index (χ3v) is 7.79. The Morgan fingerprint density at radius 2 is 1.71 bits per heavy atom. The highest BCUT2D eigenvalue weighted by molar-refractivity contribution is 5.81. The van der Waals surface area contributed by atoms with Crippen molar-refractivity contribution in [2.45, 2.75) is 104 Å². The molecule has 1 aromatic rings. The van der Waals surface area contributed by atoms with E-state index in [9.17, 15) is 4.79 Å². The molecule has 2 fully saturated rings. The lowest BCUT2D eigenvalue weighted by Gasteiger charge is -2.40. The van der Waals surface area contributed by atoms with Gasteiger partial charge in [0, 0.05) is 31.4 Å². The number of amides is 1. The summed E-state index contributed by atoms with van der Waals surface area (Å²) in [4.78, 5) is 17.3. The fourth-order valence-corrected chi connectivity index (χ4v) is 5.69. The van der Waals surface area contributed by atoms with Gasteiger partial charge in [0.2, 0.25) is 5.91 Å². The lowest BCUT2D eigenvalue weighted by Crippen LogP contribution is -2.51. The van der Waals surface area contributed by atoms with Crippen molar-refractivity contribution in [3.63, 3.8) is 0 Å². The number of carbonyl (C=O) groups is 1. The molecule has 1 aromatic carbocycles. The summed E-state index contributed by atoms with van der Waals surface area (Å²) in [7, 11) is 0. The SMILES string of the molecule is CC(C)=CCN(c1ccc(CCC2CCCCC2)cc1)C1CCN(C(=O)[C@@H](N)CC(C)C)CC1. The Labute approximate surface area is 209 Å². The third-order valence-electron chi connectivity index (χ3n) is 7.79. The van der Waals surface area contributed by atoms with Crippen LogP contribution >= 0.6 is 0 Å². The maximum Gasteiger partial charge on any atom is 0.239 e. The largest absolute Gasteiger partial charge is 0.365 e. The van der Waals surface area contributed by atoms with Crippen LogP contribution in [-0.2, 0) is 11.2 Å². The van der Waals surface area contributed by atoms with Gasteiger partial charge in [-0.25, -0.2) is 0 Å². The number of allylic oxidation sites excluding steroid dienone is 1. The van der Waals surface area contributed by atoms with Crippen molar-refractivity contribution in [2.75, 3.05) is 24.5 Å². The molecule has 0 aromatic heterocycles. The molecule has 190 valence electrons. The number of carbonyl (C=O) groups excluding carboxylic acids is 1. The molecular formula is C30H49N3O. The van der Waals surface area contributed by atoms with Crippen molar-refractivity contribution >= 4 is 11.6 Å². The number of rotatable bonds is 10. The first-order valence-corrected chi connectivity index (χ1v) is 13.9. The second-order valence-corrected chi connectivity index (χ2v) is 11.4. The summed E-state index contributed by atoms with van der Waals surface area (Å²) in [5.74, 6) is 1.51. The molecule has 0 bridgehead atoms. The van der Waals surface area contributed by atoms with Crippen LogP contribution in [0.4, 0.5) is 5.69 Å². The number of nitrogens with two attached hydrogens (primary N) is 1. The minimum atomic E-state index is -0.362. The topological polar surface area (TPSA) is 49.6 Å². The van der Waals surface area contributed by atoms with Crippen molar-refractivity contribution in [1.82, 2.24) is 4.90 Å². The summed E-state index contributed by atoms with van der Waals surface area (Å²) in [6.07, 6.45) is 14.8. The molecule has 4 nitrogen and oxygen atoms in total. The van der Waals surface area contributed by atoms with Crippen molar-refractivity contribution in [3.8, 4) is 0 Å². The molecule has 0 unspecified atom stereocenters. The molecule has 3 rings (SSSR count). The lowest BCUT2D eigenvalue weighted by atomic mass is 9.85. The molecular weight excluding hydrogens is 418 g/mol. The average Bonchev–Trinajstić information content (AvgIpc) is 2.83. The number of anilines is 1. The van der Waals surface area contributed by atoms with Gasteiger partial charge in [0.1, 0.15) is 0 Å². The molecule has 1 heterocycles. The van der Waals surface area contributed by atoms with Crippen molar-refractivity contribution in [1.29, 1.82) is 0 Å². The predicted octanol–water partition coefficient (Wildman–Crippen LogP) is 6.34. The average molecular weight is 468 g/mol. The van der Waals surface area contributed by atoms with Crippen LogP contribution in [0.25, 0.3) is 0 Å². The van der Waals surface area contributed by atoms with E-state index in [1.807, 2.05) is 4.90 Å². The summed E-state index contributed by atoms with van der Waals surface area (Å²) in [5.41, 5.74) is 10.3. The first-order valence-electron chi connectivity index (χ1n) is 13.9. The number of nitrogens with zero attached hydrogens (tertiary/aromatic N) is 2. The quantitative estimate of drug-likeness (QED) is 0.409. The number of likely N-dealkylation sites (tertiary alicyclic amines) is 1. The van der Waals surface area contributed by atoms with Gasteiger partial charge in [0.15, 0.2) is 0 Å². The fraction of sp³-hybridized carbons (Fsp3) is 0.700. The molecule has 0 spiro atoms. The van der Waals surface area contributed by atoms with Crippen LogP contribution in [0.3, 0.4) is 0 Å². The molecule has 1 amide bonds. The molecule has 1 saturated carbocycles. The van der Waals surface area contributed by atoms with Crippen LogP contribution in [0.1, 0.15) is 91.0 Å². The Kier molecular flexibility index (Phi) is 10.5. The molecule has 2 N–H and O–H groups in total. The Balaban J connectivity index is 1.59. The van der Waals surface area contributed by atoms with E-state index < -0.39 is 0 Å². The summed E-state index contributed by atoms with van der Waals surface area (Å²) in [6, 6.07) is 9.43. The van der Waals surface area contributed by atoms with Crippen molar-refractivity contribution in [2.24, 2.45) is 17.6 Å². The molecule has 34 heavy (non-hydrogen) atoms. The Bertz CT molecular complexity index is 767. The van der Waals surface area contributed by atoms with E-state index >= 15 is 0 Å². The van der Waals surface area contributed by atoms with Gasteiger partial charge in [-0.2, -0.15) is 0 Å². The second-order valence-electron chi connectivity index (χ2n) is 11.4. The van der Waals surface area contributed by atoms with E-state index in [4.69, 9.17) is 5.73 Å². The third kappa shape index (κ3) is 8.15.